The summed E-state index contributed by atoms with van der Waals surface area (Å²) >= 11 is 1.24. The van der Waals surface area contributed by atoms with Gasteiger partial charge in [0.25, 0.3) is 0 Å². The second kappa shape index (κ2) is 4.48. The van der Waals surface area contributed by atoms with Gasteiger partial charge in [-0.15, -0.1) is 10.2 Å². The minimum Gasteiger partial charge on any atom is -0.295 e. The first-order valence-electron chi connectivity index (χ1n) is 5.84. The molecule has 0 fully saturated rings. The van der Waals surface area contributed by atoms with Crippen molar-refractivity contribution in [3.63, 3.8) is 0 Å². The van der Waals surface area contributed by atoms with Gasteiger partial charge in [0.15, 0.2) is 0 Å². The van der Waals surface area contributed by atoms with Crippen molar-refractivity contribution >= 4 is 32.4 Å². The summed E-state index contributed by atoms with van der Waals surface area (Å²) in [4.78, 5) is 12.3. The smallest absolute Gasteiger partial charge is 0.295 e. The standard InChI is InChI=1S/C11H11N5O3S2/c1-6-13-14-10(20-6)16-9-5-7(21(12,18)19)3-4-8(9)15(2)11(16)17/h3-5H,1-2H3,(H2,12,18,19). The molecule has 0 spiro atoms. The van der Waals surface area contributed by atoms with Gasteiger partial charge < -0.3 is 0 Å². The number of primary sulfonamides is 1. The number of sulfonamides is 1. The Morgan fingerprint density at radius 1 is 1.24 bits per heavy atom. The Hall–Kier alpha value is -2.04. The number of fused-ring (bicyclic) bond motifs is 1. The molecule has 0 amide bonds. The fourth-order valence-electron chi connectivity index (χ4n) is 2.06. The Kier molecular flexibility index (Phi) is 2.97. The maximum Gasteiger partial charge on any atom is 0.335 e. The molecule has 0 radical (unpaired) electrons. The first kappa shape index (κ1) is 13.9. The minimum atomic E-state index is -3.85. The van der Waals surface area contributed by atoms with Crippen LogP contribution in [0.1, 0.15) is 5.01 Å². The fourth-order valence-corrected chi connectivity index (χ4v) is 3.29. The van der Waals surface area contributed by atoms with Crippen molar-refractivity contribution in [2.75, 3.05) is 0 Å². The van der Waals surface area contributed by atoms with Gasteiger partial charge in [-0.05, 0) is 25.1 Å². The van der Waals surface area contributed by atoms with Crippen molar-refractivity contribution in [3.05, 3.63) is 33.7 Å². The third-order valence-corrected chi connectivity index (χ3v) is 4.80. The van der Waals surface area contributed by atoms with E-state index in [1.165, 1.54) is 32.6 Å². The molecule has 110 valence electrons. The van der Waals surface area contributed by atoms with Crippen LogP contribution in [0.5, 0.6) is 0 Å². The zero-order chi connectivity index (χ0) is 15.4. The first-order chi connectivity index (χ1) is 9.79. The summed E-state index contributed by atoms with van der Waals surface area (Å²) in [5.74, 6) is 0. The van der Waals surface area contributed by atoms with Gasteiger partial charge in [-0.25, -0.2) is 22.9 Å². The van der Waals surface area contributed by atoms with Gasteiger partial charge in [-0.2, -0.15) is 0 Å². The largest absolute Gasteiger partial charge is 0.335 e. The molecule has 0 aliphatic heterocycles. The van der Waals surface area contributed by atoms with E-state index in [1.807, 2.05) is 0 Å². The number of aryl methyl sites for hydroxylation is 2. The topological polar surface area (TPSA) is 113 Å². The zero-order valence-corrected chi connectivity index (χ0v) is 12.8. The quantitative estimate of drug-likeness (QED) is 0.720. The maximum absolute atomic E-state index is 12.3. The van der Waals surface area contributed by atoms with Crippen LogP contribution in [0.3, 0.4) is 0 Å². The maximum atomic E-state index is 12.3. The molecule has 0 bridgehead atoms. The summed E-state index contributed by atoms with van der Waals surface area (Å²) in [6, 6.07) is 4.27. The number of aromatic nitrogens is 4. The summed E-state index contributed by atoms with van der Waals surface area (Å²) in [6.45, 7) is 1.77. The molecule has 0 saturated heterocycles. The molecule has 21 heavy (non-hydrogen) atoms. The molecule has 0 unspecified atom stereocenters. The Morgan fingerprint density at radius 2 is 1.95 bits per heavy atom. The van der Waals surface area contributed by atoms with Gasteiger partial charge in [0.05, 0.1) is 15.9 Å². The molecule has 2 aromatic heterocycles. The SMILES string of the molecule is Cc1nnc(-n2c(=O)n(C)c3ccc(S(N)(=O)=O)cc32)s1. The summed E-state index contributed by atoms with van der Waals surface area (Å²) in [6.07, 6.45) is 0. The molecule has 10 heteroatoms. The number of hydrogen-bond acceptors (Lipinski definition) is 6. The molecule has 0 aliphatic rings. The van der Waals surface area contributed by atoms with E-state index in [9.17, 15) is 13.2 Å². The van der Waals surface area contributed by atoms with Gasteiger partial charge in [-0.1, -0.05) is 11.3 Å². The van der Waals surface area contributed by atoms with Gasteiger partial charge in [-0.3, -0.25) is 4.57 Å². The van der Waals surface area contributed by atoms with Crippen LogP contribution in [-0.2, 0) is 17.1 Å². The van der Waals surface area contributed by atoms with Crippen molar-refractivity contribution in [2.24, 2.45) is 12.2 Å². The van der Waals surface area contributed by atoms with Crippen LogP contribution in [0.4, 0.5) is 0 Å². The molecule has 3 rings (SSSR count). The third kappa shape index (κ3) is 2.17. The monoisotopic (exact) mass is 325 g/mol. The van der Waals surface area contributed by atoms with Crippen LogP contribution in [0, 0.1) is 6.92 Å². The summed E-state index contributed by atoms with van der Waals surface area (Å²) in [5, 5.41) is 14.0. The van der Waals surface area contributed by atoms with Crippen molar-refractivity contribution in [2.45, 2.75) is 11.8 Å². The van der Waals surface area contributed by atoms with Crippen molar-refractivity contribution < 1.29 is 8.42 Å². The second-order valence-electron chi connectivity index (χ2n) is 4.48. The summed E-state index contributed by atoms with van der Waals surface area (Å²) < 4.78 is 25.7. The van der Waals surface area contributed by atoms with Crippen molar-refractivity contribution in [1.82, 2.24) is 19.3 Å². The van der Waals surface area contributed by atoms with E-state index in [4.69, 9.17) is 5.14 Å². The van der Waals surface area contributed by atoms with E-state index in [0.717, 1.165) is 0 Å². The predicted octanol–water partition coefficient (Wildman–Crippen LogP) is 0.137. The van der Waals surface area contributed by atoms with Crippen LogP contribution in [0.2, 0.25) is 0 Å². The Bertz CT molecular complexity index is 1010. The highest BCUT2D eigenvalue weighted by atomic mass is 32.2. The summed E-state index contributed by atoms with van der Waals surface area (Å²) in [5.41, 5.74) is 0.679. The lowest BCUT2D eigenvalue weighted by Gasteiger charge is -2.00. The van der Waals surface area contributed by atoms with Gasteiger partial charge in [0.2, 0.25) is 15.2 Å². The van der Waals surface area contributed by atoms with Crippen LogP contribution in [-0.4, -0.2) is 27.7 Å². The minimum absolute atomic E-state index is 0.0596. The molecule has 2 heterocycles. The lowest BCUT2D eigenvalue weighted by Crippen LogP contribution is -2.20. The van der Waals surface area contributed by atoms with E-state index in [1.54, 1.807) is 20.0 Å². The van der Waals surface area contributed by atoms with E-state index < -0.39 is 10.0 Å². The Labute approximate surface area is 123 Å². The number of nitrogens with zero attached hydrogens (tertiary/aromatic N) is 4. The summed E-state index contributed by atoms with van der Waals surface area (Å²) in [7, 11) is -2.25. The van der Waals surface area contributed by atoms with E-state index in [2.05, 4.69) is 10.2 Å². The van der Waals surface area contributed by atoms with Gasteiger partial charge >= 0.3 is 5.69 Å². The average Bonchev–Trinajstić information content (AvgIpc) is 2.92. The van der Waals surface area contributed by atoms with E-state index in [0.29, 0.717) is 21.2 Å². The second-order valence-corrected chi connectivity index (χ2v) is 7.20. The Morgan fingerprint density at radius 3 is 2.52 bits per heavy atom. The van der Waals surface area contributed by atoms with E-state index in [-0.39, 0.29) is 10.6 Å². The highest BCUT2D eigenvalue weighted by Gasteiger charge is 2.18. The predicted molar refractivity (Wildman–Crippen MR) is 78.1 cm³/mol. The molecule has 1 aromatic carbocycles. The molecular formula is C11H11N5O3S2. The molecule has 8 nitrogen and oxygen atoms in total. The number of benzene rings is 1. The highest BCUT2D eigenvalue weighted by molar-refractivity contribution is 7.89. The molecule has 0 aliphatic carbocycles. The van der Waals surface area contributed by atoms with Crippen LogP contribution in [0.15, 0.2) is 27.9 Å². The van der Waals surface area contributed by atoms with Crippen LogP contribution in [0.25, 0.3) is 16.2 Å². The fraction of sp³-hybridized carbons (Fsp3) is 0.182. The molecule has 2 N–H and O–H groups in total. The number of nitrogens with two attached hydrogens (primary N) is 1. The lowest BCUT2D eigenvalue weighted by atomic mass is 10.3. The van der Waals surface area contributed by atoms with Crippen molar-refractivity contribution in [1.29, 1.82) is 0 Å². The lowest BCUT2D eigenvalue weighted by molar-refractivity contribution is 0.598. The van der Waals surface area contributed by atoms with Crippen LogP contribution < -0.4 is 10.8 Å². The molecule has 3 aromatic rings. The molecule has 0 saturated carbocycles. The number of rotatable bonds is 2. The molecular weight excluding hydrogens is 314 g/mol. The van der Waals surface area contributed by atoms with Gasteiger partial charge in [0.1, 0.15) is 5.01 Å². The van der Waals surface area contributed by atoms with Crippen LogP contribution >= 0.6 is 11.3 Å². The Balaban J connectivity index is 2.43. The average molecular weight is 325 g/mol. The normalized spacial score (nSPS) is 12.1. The molecule has 0 atom stereocenters. The first-order valence-corrected chi connectivity index (χ1v) is 8.20. The van der Waals surface area contributed by atoms with E-state index >= 15 is 0 Å². The zero-order valence-electron chi connectivity index (χ0n) is 11.1. The number of imidazole rings is 1. The third-order valence-electron chi connectivity index (χ3n) is 3.06. The highest BCUT2D eigenvalue weighted by Crippen LogP contribution is 2.22. The number of hydrogen-bond donors (Lipinski definition) is 1. The van der Waals surface area contributed by atoms with Crippen molar-refractivity contribution in [3.8, 4) is 5.13 Å². The van der Waals surface area contributed by atoms with Gasteiger partial charge in [0, 0.05) is 7.05 Å².